The lowest BCUT2D eigenvalue weighted by Gasteiger charge is -2.19. The molecule has 0 aliphatic carbocycles. The quantitative estimate of drug-likeness (QED) is 0.479. The molecular weight excluding hydrogens is 426 g/mol. The van der Waals surface area contributed by atoms with Crippen molar-refractivity contribution in [3.63, 3.8) is 0 Å². The Bertz CT molecular complexity index is 1140. The number of rotatable bonds is 4. The second-order valence-corrected chi connectivity index (χ2v) is 8.77. The Labute approximate surface area is 184 Å². The van der Waals surface area contributed by atoms with Gasteiger partial charge in [0.05, 0.1) is 16.4 Å². The number of benzene rings is 1. The average Bonchev–Trinajstić information content (AvgIpc) is 3.01. The number of ether oxygens (including phenoxy) is 1. The standard InChI is InChI=1S/C22H21Cl2FN4O/c1-11(18-14(23)4-5-15(25)19(18)24)30-17-7-13(9-28-21(17)26)12-6-16-20(27-8-12)22(2,3)10-29-16/h4-9,11,29H,10H2,1-3H3,(H2,26,28). The summed E-state index contributed by atoms with van der Waals surface area (Å²) in [5, 5.41) is 3.63. The van der Waals surface area contributed by atoms with Gasteiger partial charge in [-0.25, -0.2) is 9.37 Å². The number of halogens is 3. The van der Waals surface area contributed by atoms with Crippen LogP contribution in [0.25, 0.3) is 11.1 Å². The van der Waals surface area contributed by atoms with Crippen molar-refractivity contribution < 1.29 is 9.13 Å². The molecule has 1 aliphatic heterocycles. The van der Waals surface area contributed by atoms with Gasteiger partial charge in [-0.1, -0.05) is 37.0 Å². The van der Waals surface area contributed by atoms with Crippen molar-refractivity contribution in [1.29, 1.82) is 0 Å². The minimum atomic E-state index is -0.638. The molecule has 1 aromatic carbocycles. The predicted octanol–water partition coefficient (Wildman–Crippen LogP) is 6.01. The number of hydrogen-bond acceptors (Lipinski definition) is 5. The SMILES string of the molecule is CC(Oc1cc(-c2cnc3c(c2)NCC3(C)C)cnc1N)c1c(Cl)ccc(F)c1Cl. The highest BCUT2D eigenvalue weighted by Gasteiger charge is 2.31. The number of fused-ring (bicyclic) bond motifs is 1. The van der Waals surface area contributed by atoms with Gasteiger partial charge in [-0.2, -0.15) is 0 Å². The van der Waals surface area contributed by atoms with Gasteiger partial charge in [0, 0.05) is 46.1 Å². The maximum atomic E-state index is 13.9. The minimum Gasteiger partial charge on any atom is -0.482 e. The van der Waals surface area contributed by atoms with Gasteiger partial charge in [0.25, 0.3) is 0 Å². The fourth-order valence-electron chi connectivity index (χ4n) is 3.57. The summed E-state index contributed by atoms with van der Waals surface area (Å²) >= 11 is 12.3. The number of anilines is 2. The predicted molar refractivity (Wildman–Crippen MR) is 119 cm³/mol. The highest BCUT2D eigenvalue weighted by atomic mass is 35.5. The summed E-state index contributed by atoms with van der Waals surface area (Å²) in [4.78, 5) is 8.89. The number of hydrogen-bond donors (Lipinski definition) is 2. The van der Waals surface area contributed by atoms with Gasteiger partial charge in [-0.3, -0.25) is 4.98 Å². The van der Waals surface area contributed by atoms with Crippen molar-refractivity contribution in [1.82, 2.24) is 9.97 Å². The topological polar surface area (TPSA) is 73.1 Å². The van der Waals surface area contributed by atoms with Crippen LogP contribution >= 0.6 is 23.2 Å². The van der Waals surface area contributed by atoms with Crippen LogP contribution < -0.4 is 15.8 Å². The van der Waals surface area contributed by atoms with Gasteiger partial charge in [0.2, 0.25) is 0 Å². The third-order valence-electron chi connectivity index (χ3n) is 5.25. The Morgan fingerprint density at radius 1 is 1.17 bits per heavy atom. The number of aromatic nitrogens is 2. The molecule has 0 saturated heterocycles. The van der Waals surface area contributed by atoms with Gasteiger partial charge in [0.1, 0.15) is 11.9 Å². The normalized spacial score (nSPS) is 15.4. The average molecular weight is 447 g/mol. The molecule has 0 fully saturated rings. The monoisotopic (exact) mass is 446 g/mol. The molecule has 0 spiro atoms. The number of nitrogens with one attached hydrogen (secondary N) is 1. The lowest BCUT2D eigenvalue weighted by Crippen LogP contribution is -2.19. The van der Waals surface area contributed by atoms with E-state index in [0.717, 1.165) is 29.1 Å². The largest absolute Gasteiger partial charge is 0.482 e. The van der Waals surface area contributed by atoms with Crippen LogP contribution in [0.4, 0.5) is 15.9 Å². The van der Waals surface area contributed by atoms with Crippen LogP contribution in [0, 0.1) is 5.82 Å². The van der Waals surface area contributed by atoms with E-state index in [9.17, 15) is 4.39 Å². The maximum Gasteiger partial charge on any atom is 0.166 e. The van der Waals surface area contributed by atoms with E-state index in [1.54, 1.807) is 19.2 Å². The number of nitrogens with zero attached hydrogens (tertiary/aromatic N) is 2. The molecule has 3 aromatic rings. The molecule has 0 radical (unpaired) electrons. The van der Waals surface area contributed by atoms with Gasteiger partial charge in [-0.05, 0) is 31.2 Å². The molecule has 156 valence electrons. The molecule has 8 heteroatoms. The highest BCUT2D eigenvalue weighted by Crippen LogP contribution is 2.39. The van der Waals surface area contributed by atoms with Gasteiger partial charge in [-0.15, -0.1) is 0 Å². The van der Waals surface area contributed by atoms with Crippen molar-refractivity contribution in [2.75, 3.05) is 17.6 Å². The first-order valence-corrected chi connectivity index (χ1v) is 10.2. The van der Waals surface area contributed by atoms with E-state index in [1.165, 1.54) is 12.1 Å². The van der Waals surface area contributed by atoms with Crippen LogP contribution in [0.3, 0.4) is 0 Å². The van der Waals surface area contributed by atoms with E-state index in [1.807, 2.05) is 12.3 Å². The first kappa shape index (κ1) is 20.7. The molecule has 3 N–H and O–H groups in total. The zero-order chi connectivity index (χ0) is 21.6. The van der Waals surface area contributed by atoms with Gasteiger partial charge < -0.3 is 15.8 Å². The third kappa shape index (κ3) is 3.66. The summed E-state index contributed by atoms with van der Waals surface area (Å²) in [6.45, 7) is 6.86. The third-order valence-corrected chi connectivity index (χ3v) is 5.97. The fraction of sp³-hybridized carbons (Fsp3) is 0.273. The molecule has 1 aliphatic rings. The molecule has 0 saturated carbocycles. The zero-order valence-corrected chi connectivity index (χ0v) is 18.3. The number of nitrogen functional groups attached to an aromatic ring is 1. The highest BCUT2D eigenvalue weighted by molar-refractivity contribution is 6.36. The lowest BCUT2D eigenvalue weighted by molar-refractivity contribution is 0.227. The van der Waals surface area contributed by atoms with Crippen LogP contribution in [0.5, 0.6) is 5.75 Å². The van der Waals surface area contributed by atoms with Crippen molar-refractivity contribution in [2.45, 2.75) is 32.3 Å². The van der Waals surface area contributed by atoms with Crippen LogP contribution in [-0.2, 0) is 5.41 Å². The van der Waals surface area contributed by atoms with Gasteiger partial charge in [0.15, 0.2) is 11.6 Å². The summed E-state index contributed by atoms with van der Waals surface area (Å²) in [5.74, 6) is -0.00110. The molecule has 30 heavy (non-hydrogen) atoms. The van der Waals surface area contributed by atoms with E-state index < -0.39 is 11.9 Å². The van der Waals surface area contributed by atoms with E-state index in [0.29, 0.717) is 16.3 Å². The van der Waals surface area contributed by atoms with Crippen LogP contribution in [0.2, 0.25) is 10.0 Å². The number of nitrogens with two attached hydrogens (primary N) is 1. The Balaban J connectivity index is 1.66. The van der Waals surface area contributed by atoms with Crippen molar-refractivity contribution in [3.05, 3.63) is 63.8 Å². The van der Waals surface area contributed by atoms with Gasteiger partial charge >= 0.3 is 0 Å². The molecule has 0 bridgehead atoms. The van der Waals surface area contributed by atoms with E-state index >= 15 is 0 Å². The first-order chi connectivity index (χ1) is 14.2. The maximum absolute atomic E-state index is 13.9. The first-order valence-electron chi connectivity index (χ1n) is 9.47. The van der Waals surface area contributed by atoms with E-state index in [4.69, 9.17) is 33.7 Å². The summed E-state index contributed by atoms with van der Waals surface area (Å²) < 4.78 is 19.9. The van der Waals surface area contributed by atoms with Crippen LogP contribution in [0.1, 0.15) is 38.1 Å². The second-order valence-electron chi connectivity index (χ2n) is 7.98. The Hall–Kier alpha value is -2.57. The van der Waals surface area contributed by atoms with Crippen molar-refractivity contribution >= 4 is 34.7 Å². The molecule has 3 heterocycles. The Kier molecular flexibility index (Phi) is 5.24. The molecule has 4 rings (SSSR count). The fourth-order valence-corrected chi connectivity index (χ4v) is 4.25. The Morgan fingerprint density at radius 2 is 1.87 bits per heavy atom. The van der Waals surface area contributed by atoms with E-state index in [-0.39, 0.29) is 16.3 Å². The zero-order valence-electron chi connectivity index (χ0n) is 16.8. The second kappa shape index (κ2) is 7.60. The molecule has 1 atom stereocenters. The van der Waals surface area contributed by atoms with Crippen LogP contribution in [0.15, 0.2) is 36.7 Å². The molecule has 1 unspecified atom stereocenters. The molecular formula is C22H21Cl2FN4O. The summed E-state index contributed by atoms with van der Waals surface area (Å²) in [7, 11) is 0. The van der Waals surface area contributed by atoms with Crippen LogP contribution in [-0.4, -0.2) is 16.5 Å². The Morgan fingerprint density at radius 3 is 2.63 bits per heavy atom. The molecule has 2 aromatic heterocycles. The lowest BCUT2D eigenvalue weighted by atomic mass is 9.91. The van der Waals surface area contributed by atoms with Crippen molar-refractivity contribution in [2.24, 2.45) is 0 Å². The summed E-state index contributed by atoms with van der Waals surface area (Å²) in [5.41, 5.74) is 10.1. The summed E-state index contributed by atoms with van der Waals surface area (Å²) in [6.07, 6.45) is 2.84. The van der Waals surface area contributed by atoms with Crippen molar-refractivity contribution in [3.8, 4) is 16.9 Å². The summed E-state index contributed by atoms with van der Waals surface area (Å²) in [6, 6.07) is 6.48. The molecule has 5 nitrogen and oxygen atoms in total. The van der Waals surface area contributed by atoms with E-state index in [2.05, 4.69) is 29.1 Å². The minimum absolute atomic E-state index is 0.0135. The smallest absolute Gasteiger partial charge is 0.166 e. The molecule has 0 amide bonds. The number of pyridine rings is 2.